The number of para-hydroxylation sites is 2. The van der Waals surface area contributed by atoms with Crippen molar-refractivity contribution in [3.8, 4) is 0 Å². The Morgan fingerprint density at radius 1 is 1.22 bits per heavy atom. The van der Waals surface area contributed by atoms with Crippen LogP contribution < -0.4 is 0 Å². The first-order valence-electron chi connectivity index (χ1n) is 7.46. The zero-order chi connectivity index (χ0) is 16.0. The number of benzene rings is 1. The van der Waals surface area contributed by atoms with E-state index in [9.17, 15) is 0 Å². The summed E-state index contributed by atoms with van der Waals surface area (Å²) >= 11 is 1.56. The molecule has 23 heavy (non-hydrogen) atoms. The number of aryl methyl sites for hydroxylation is 2. The summed E-state index contributed by atoms with van der Waals surface area (Å²) < 4.78 is 9.43. The van der Waals surface area contributed by atoms with Gasteiger partial charge in [0.05, 0.1) is 16.3 Å². The molecular formula is C15H16N6OS. The van der Waals surface area contributed by atoms with Crippen LogP contribution in [-0.2, 0) is 13.5 Å². The van der Waals surface area contributed by atoms with E-state index in [-0.39, 0.29) is 5.25 Å². The molecule has 0 spiro atoms. The Kier molecular flexibility index (Phi) is 3.33. The predicted molar refractivity (Wildman–Crippen MR) is 87.4 cm³/mol. The minimum Gasteiger partial charge on any atom is -0.338 e. The molecule has 0 saturated carbocycles. The molecule has 0 aliphatic heterocycles. The molecule has 0 radical (unpaired) electrons. The Morgan fingerprint density at radius 2 is 2.00 bits per heavy atom. The molecule has 0 amide bonds. The number of imidazole rings is 1. The van der Waals surface area contributed by atoms with Crippen LogP contribution in [0.25, 0.3) is 16.8 Å². The minimum atomic E-state index is 0.00849. The molecule has 4 aromatic rings. The zero-order valence-electron chi connectivity index (χ0n) is 13.1. The van der Waals surface area contributed by atoms with Gasteiger partial charge in [-0.25, -0.2) is 0 Å². The van der Waals surface area contributed by atoms with Crippen LogP contribution >= 0.6 is 11.8 Å². The van der Waals surface area contributed by atoms with Gasteiger partial charge in [-0.3, -0.25) is 4.40 Å². The molecule has 0 aliphatic rings. The third-order valence-electron chi connectivity index (χ3n) is 3.83. The smallest absolute Gasteiger partial charge is 0.239 e. The van der Waals surface area contributed by atoms with Crippen molar-refractivity contribution in [3.05, 3.63) is 36.0 Å². The molecule has 1 aromatic carbocycles. The summed E-state index contributed by atoms with van der Waals surface area (Å²) in [6.07, 6.45) is 0.763. The van der Waals surface area contributed by atoms with Gasteiger partial charge in [-0.1, -0.05) is 36.0 Å². The van der Waals surface area contributed by atoms with E-state index in [2.05, 4.69) is 36.9 Å². The lowest BCUT2D eigenvalue weighted by Crippen LogP contribution is -1.93. The third-order valence-corrected chi connectivity index (χ3v) is 4.86. The topological polar surface area (TPSA) is 74.0 Å². The minimum absolute atomic E-state index is 0.00849. The van der Waals surface area contributed by atoms with Crippen molar-refractivity contribution in [3.63, 3.8) is 0 Å². The number of hydrogen-bond donors (Lipinski definition) is 0. The summed E-state index contributed by atoms with van der Waals surface area (Å²) in [5.41, 5.74) is 2.21. The maximum atomic E-state index is 5.33. The second-order valence-electron chi connectivity index (χ2n) is 5.33. The van der Waals surface area contributed by atoms with Crippen LogP contribution in [0.2, 0.25) is 0 Å². The summed E-state index contributed by atoms with van der Waals surface area (Å²) in [7, 11) is 2.00. The van der Waals surface area contributed by atoms with Crippen molar-refractivity contribution in [1.29, 1.82) is 0 Å². The van der Waals surface area contributed by atoms with Crippen LogP contribution in [0, 0.1) is 0 Å². The lowest BCUT2D eigenvalue weighted by Gasteiger charge is -2.03. The van der Waals surface area contributed by atoms with Crippen molar-refractivity contribution >= 4 is 28.6 Å². The van der Waals surface area contributed by atoms with Crippen LogP contribution in [-0.4, -0.2) is 29.3 Å². The highest BCUT2D eigenvalue weighted by atomic mass is 32.2. The maximum absolute atomic E-state index is 5.33. The van der Waals surface area contributed by atoms with Gasteiger partial charge in [0.15, 0.2) is 11.0 Å². The lowest BCUT2D eigenvalue weighted by atomic mass is 10.3. The summed E-state index contributed by atoms with van der Waals surface area (Å²) in [5, 5.41) is 13.4. The lowest BCUT2D eigenvalue weighted by molar-refractivity contribution is 0.375. The van der Waals surface area contributed by atoms with Crippen LogP contribution in [0.5, 0.6) is 0 Å². The van der Waals surface area contributed by atoms with Gasteiger partial charge in [0.2, 0.25) is 11.7 Å². The largest absolute Gasteiger partial charge is 0.338 e. The molecule has 0 aliphatic carbocycles. The Bertz CT molecular complexity index is 985. The van der Waals surface area contributed by atoms with E-state index in [0.29, 0.717) is 5.89 Å². The Hall–Kier alpha value is -2.35. The first kappa shape index (κ1) is 14.3. The van der Waals surface area contributed by atoms with Crippen molar-refractivity contribution < 1.29 is 4.52 Å². The molecule has 0 saturated heterocycles. The van der Waals surface area contributed by atoms with E-state index in [1.165, 1.54) is 0 Å². The zero-order valence-corrected chi connectivity index (χ0v) is 13.9. The van der Waals surface area contributed by atoms with Gasteiger partial charge in [-0.2, -0.15) is 4.98 Å². The molecule has 118 valence electrons. The highest BCUT2D eigenvalue weighted by Gasteiger charge is 2.21. The summed E-state index contributed by atoms with van der Waals surface area (Å²) in [5.74, 6) is 2.16. The number of aromatic nitrogens is 6. The number of thioether (sulfide) groups is 1. The van der Waals surface area contributed by atoms with Crippen molar-refractivity contribution in [2.75, 3.05) is 0 Å². The molecule has 3 heterocycles. The molecule has 1 atom stereocenters. The summed E-state index contributed by atoms with van der Waals surface area (Å²) in [4.78, 5) is 4.40. The van der Waals surface area contributed by atoms with E-state index >= 15 is 0 Å². The average Bonchev–Trinajstić information content (AvgIpc) is 3.26. The first-order chi connectivity index (χ1) is 11.2. The van der Waals surface area contributed by atoms with Crippen molar-refractivity contribution in [1.82, 2.24) is 29.3 Å². The quantitative estimate of drug-likeness (QED) is 0.536. The molecular weight excluding hydrogens is 312 g/mol. The molecule has 0 bridgehead atoms. The molecule has 8 heteroatoms. The Morgan fingerprint density at radius 3 is 2.74 bits per heavy atom. The first-order valence-corrected chi connectivity index (χ1v) is 8.34. The predicted octanol–water partition coefficient (Wildman–Crippen LogP) is 3.02. The molecule has 0 unspecified atom stereocenters. The summed E-state index contributed by atoms with van der Waals surface area (Å²) in [6.45, 7) is 4.04. The second kappa shape index (κ2) is 5.38. The van der Waals surface area contributed by atoms with E-state index in [1.807, 2.05) is 37.6 Å². The molecule has 7 nitrogen and oxygen atoms in total. The van der Waals surface area contributed by atoms with Gasteiger partial charge in [0, 0.05) is 13.5 Å². The molecule has 0 fully saturated rings. The van der Waals surface area contributed by atoms with E-state index in [1.54, 1.807) is 11.8 Å². The number of hydrogen-bond acceptors (Lipinski definition) is 6. The summed E-state index contributed by atoms with van der Waals surface area (Å²) in [6, 6.07) is 8.19. The molecule has 4 rings (SSSR count). The van der Waals surface area contributed by atoms with Gasteiger partial charge in [0.25, 0.3) is 0 Å². The molecule has 3 aromatic heterocycles. The highest BCUT2D eigenvalue weighted by Crippen LogP contribution is 2.34. The van der Waals surface area contributed by atoms with Crippen LogP contribution in [0.1, 0.15) is 30.8 Å². The van der Waals surface area contributed by atoms with Crippen LogP contribution in [0.3, 0.4) is 0 Å². The second-order valence-corrected chi connectivity index (χ2v) is 6.64. The van der Waals surface area contributed by atoms with Gasteiger partial charge in [-0.15, -0.1) is 10.2 Å². The van der Waals surface area contributed by atoms with Crippen LogP contribution in [0.15, 0.2) is 33.9 Å². The fraction of sp³-hybridized carbons (Fsp3) is 0.333. The van der Waals surface area contributed by atoms with Crippen molar-refractivity contribution in [2.45, 2.75) is 30.7 Å². The molecule has 0 N–H and O–H groups in total. The Labute approximate surface area is 136 Å². The van der Waals surface area contributed by atoms with Crippen LogP contribution in [0.4, 0.5) is 0 Å². The van der Waals surface area contributed by atoms with E-state index in [4.69, 9.17) is 4.52 Å². The third kappa shape index (κ3) is 2.21. The maximum Gasteiger partial charge on any atom is 0.239 e. The number of rotatable bonds is 4. The number of nitrogens with zero attached hydrogens (tertiary/aromatic N) is 6. The fourth-order valence-corrected chi connectivity index (χ4v) is 3.48. The highest BCUT2D eigenvalue weighted by molar-refractivity contribution is 7.99. The standard InChI is InChI=1S/C15H16N6OS/c1-4-12-16-13(22-19-12)9(2)23-15-18-17-14-20(3)10-7-5-6-8-11(10)21(14)15/h5-9H,4H2,1-3H3/t9-/m1/s1. The van der Waals surface area contributed by atoms with Crippen molar-refractivity contribution in [2.24, 2.45) is 7.05 Å². The van der Waals surface area contributed by atoms with E-state index < -0.39 is 0 Å². The SMILES string of the molecule is CCc1noc([C@@H](C)Sc2nnc3n(C)c4ccccc4n23)n1. The van der Waals surface area contributed by atoms with Gasteiger partial charge in [-0.05, 0) is 19.1 Å². The van der Waals surface area contributed by atoms with Gasteiger partial charge < -0.3 is 9.09 Å². The fourth-order valence-electron chi connectivity index (χ4n) is 2.60. The number of fused-ring (bicyclic) bond motifs is 3. The monoisotopic (exact) mass is 328 g/mol. The Balaban J connectivity index is 1.75. The van der Waals surface area contributed by atoms with E-state index in [0.717, 1.165) is 34.2 Å². The average molecular weight is 328 g/mol. The van der Waals surface area contributed by atoms with Gasteiger partial charge in [0.1, 0.15) is 0 Å². The normalized spacial score (nSPS) is 13.2. The van der Waals surface area contributed by atoms with Gasteiger partial charge >= 0.3 is 0 Å².